The van der Waals surface area contributed by atoms with Crippen LogP contribution < -0.4 is 5.73 Å². The molecule has 0 spiro atoms. The molecule has 3 heteroatoms. The fourth-order valence-corrected chi connectivity index (χ4v) is 3.00. The second-order valence-electron chi connectivity index (χ2n) is 6.64. The van der Waals surface area contributed by atoms with Crippen LogP contribution >= 0.6 is 0 Å². The van der Waals surface area contributed by atoms with E-state index in [1.807, 2.05) is 0 Å². The van der Waals surface area contributed by atoms with Crippen LogP contribution in [0.15, 0.2) is 0 Å². The third-order valence-electron chi connectivity index (χ3n) is 4.52. The van der Waals surface area contributed by atoms with Gasteiger partial charge >= 0.3 is 0 Å². The predicted octanol–water partition coefficient (Wildman–Crippen LogP) is 4.95. The molecule has 3 nitrogen and oxygen atoms in total. The summed E-state index contributed by atoms with van der Waals surface area (Å²) < 4.78 is 0. The van der Waals surface area contributed by atoms with Gasteiger partial charge in [0.15, 0.2) is 0 Å². The van der Waals surface area contributed by atoms with Crippen molar-refractivity contribution in [3.8, 4) is 0 Å². The fraction of sp³-hybridized carbons (Fsp3) is 0.947. The summed E-state index contributed by atoms with van der Waals surface area (Å²) in [5.41, 5.74) is 5.40. The lowest BCUT2D eigenvalue weighted by molar-refractivity contribution is -0.122. The molecule has 0 radical (unpaired) electrons. The monoisotopic (exact) mass is 313 g/mol. The van der Waals surface area contributed by atoms with Crippen LogP contribution in [-0.2, 0) is 4.79 Å². The molecule has 0 aromatic rings. The number of unbranched alkanes of at least 4 members (excludes halogenated alkanes) is 11. The average molecular weight is 314 g/mol. The number of carbonyl (C=O) groups excluding carboxylic acids is 1. The summed E-state index contributed by atoms with van der Waals surface area (Å²) in [7, 11) is 0. The first kappa shape index (κ1) is 21.4. The zero-order valence-corrected chi connectivity index (χ0v) is 14.8. The van der Waals surface area contributed by atoms with Crippen LogP contribution in [0.3, 0.4) is 0 Å². The van der Waals surface area contributed by atoms with Crippen LogP contribution in [0, 0.1) is 5.92 Å². The Labute approximate surface area is 138 Å². The third kappa shape index (κ3) is 14.4. The van der Waals surface area contributed by atoms with E-state index in [1.54, 1.807) is 0 Å². The van der Waals surface area contributed by atoms with Gasteiger partial charge in [0.25, 0.3) is 0 Å². The van der Waals surface area contributed by atoms with Gasteiger partial charge in [-0.05, 0) is 19.3 Å². The van der Waals surface area contributed by atoms with Crippen LogP contribution in [-0.4, -0.2) is 17.6 Å². The van der Waals surface area contributed by atoms with Gasteiger partial charge in [0, 0.05) is 12.5 Å². The van der Waals surface area contributed by atoms with E-state index < -0.39 is 0 Å². The van der Waals surface area contributed by atoms with Gasteiger partial charge in [0.1, 0.15) is 0 Å². The Bertz CT molecular complexity index is 244. The van der Waals surface area contributed by atoms with Gasteiger partial charge in [-0.25, -0.2) is 0 Å². The van der Waals surface area contributed by atoms with Crippen molar-refractivity contribution in [1.29, 1.82) is 0 Å². The Hall–Kier alpha value is -0.570. The Morgan fingerprint density at radius 1 is 0.773 bits per heavy atom. The van der Waals surface area contributed by atoms with Crippen molar-refractivity contribution in [2.75, 3.05) is 6.61 Å². The lowest BCUT2D eigenvalue weighted by Crippen LogP contribution is -2.23. The van der Waals surface area contributed by atoms with E-state index in [4.69, 9.17) is 10.8 Å². The SMILES string of the molecule is CCCCCCCCCCCCCCC(CCCO)C(N)=O. The van der Waals surface area contributed by atoms with Crippen molar-refractivity contribution in [3.63, 3.8) is 0 Å². The highest BCUT2D eigenvalue weighted by Crippen LogP contribution is 2.17. The first-order valence-electron chi connectivity index (χ1n) is 9.62. The quantitative estimate of drug-likeness (QED) is 0.373. The van der Waals surface area contributed by atoms with Gasteiger partial charge in [-0.1, -0.05) is 84.0 Å². The normalized spacial score (nSPS) is 12.5. The number of hydrogen-bond acceptors (Lipinski definition) is 2. The summed E-state index contributed by atoms with van der Waals surface area (Å²) in [6.45, 7) is 2.42. The summed E-state index contributed by atoms with van der Waals surface area (Å²) in [6.07, 6.45) is 18.3. The number of aliphatic hydroxyl groups excluding tert-OH is 1. The summed E-state index contributed by atoms with van der Waals surface area (Å²) >= 11 is 0. The van der Waals surface area contributed by atoms with Crippen LogP contribution in [0.5, 0.6) is 0 Å². The standard InChI is InChI=1S/C19H39NO2/c1-2-3-4-5-6-7-8-9-10-11-12-13-15-18(19(20)22)16-14-17-21/h18,21H,2-17H2,1H3,(H2,20,22). The van der Waals surface area contributed by atoms with Gasteiger partial charge in [0.05, 0.1) is 0 Å². The molecule has 0 heterocycles. The van der Waals surface area contributed by atoms with E-state index in [2.05, 4.69) is 6.92 Å². The molecule has 0 bridgehead atoms. The summed E-state index contributed by atoms with van der Waals surface area (Å²) in [4.78, 5) is 11.3. The largest absolute Gasteiger partial charge is 0.396 e. The molecule has 0 fully saturated rings. The molecule has 0 aliphatic heterocycles. The number of nitrogens with two attached hydrogens (primary N) is 1. The van der Waals surface area contributed by atoms with Crippen molar-refractivity contribution in [2.24, 2.45) is 11.7 Å². The van der Waals surface area contributed by atoms with Crippen LogP contribution in [0.1, 0.15) is 103 Å². The van der Waals surface area contributed by atoms with Crippen molar-refractivity contribution < 1.29 is 9.90 Å². The Balaban J connectivity index is 3.29. The lowest BCUT2D eigenvalue weighted by Gasteiger charge is -2.12. The summed E-state index contributed by atoms with van der Waals surface area (Å²) in [5, 5.41) is 8.82. The number of primary amides is 1. The highest BCUT2D eigenvalue weighted by atomic mass is 16.3. The first-order valence-corrected chi connectivity index (χ1v) is 9.62. The topological polar surface area (TPSA) is 63.3 Å². The molecule has 1 amide bonds. The maximum absolute atomic E-state index is 11.3. The van der Waals surface area contributed by atoms with Gasteiger partial charge in [-0.3, -0.25) is 4.79 Å². The van der Waals surface area contributed by atoms with E-state index in [1.165, 1.54) is 70.6 Å². The Morgan fingerprint density at radius 2 is 1.18 bits per heavy atom. The highest BCUT2D eigenvalue weighted by molar-refractivity contribution is 5.76. The highest BCUT2D eigenvalue weighted by Gasteiger charge is 2.13. The molecule has 0 aromatic carbocycles. The molecule has 132 valence electrons. The molecule has 3 N–H and O–H groups in total. The second-order valence-corrected chi connectivity index (χ2v) is 6.64. The van der Waals surface area contributed by atoms with E-state index in [0.29, 0.717) is 6.42 Å². The maximum Gasteiger partial charge on any atom is 0.220 e. The molecule has 1 unspecified atom stereocenters. The van der Waals surface area contributed by atoms with Crippen molar-refractivity contribution in [1.82, 2.24) is 0 Å². The minimum Gasteiger partial charge on any atom is -0.396 e. The van der Waals surface area contributed by atoms with Crippen LogP contribution in [0.25, 0.3) is 0 Å². The van der Waals surface area contributed by atoms with Gasteiger partial charge in [0.2, 0.25) is 5.91 Å². The molecule has 0 rings (SSSR count). The smallest absolute Gasteiger partial charge is 0.220 e. The second kappa shape index (κ2) is 16.8. The number of amides is 1. The number of aliphatic hydroxyl groups is 1. The molecule has 0 aliphatic carbocycles. The molecule has 1 atom stereocenters. The minimum atomic E-state index is -0.198. The molecule has 0 aromatic heterocycles. The Morgan fingerprint density at radius 3 is 1.59 bits per heavy atom. The van der Waals surface area contributed by atoms with E-state index in [9.17, 15) is 4.79 Å². The first-order chi connectivity index (χ1) is 10.7. The van der Waals surface area contributed by atoms with E-state index in [0.717, 1.165) is 19.3 Å². The van der Waals surface area contributed by atoms with E-state index in [-0.39, 0.29) is 18.4 Å². The molecular formula is C19H39NO2. The van der Waals surface area contributed by atoms with Gasteiger partial charge in [-0.15, -0.1) is 0 Å². The summed E-state index contributed by atoms with van der Waals surface area (Å²) in [6, 6.07) is 0. The zero-order valence-electron chi connectivity index (χ0n) is 14.8. The lowest BCUT2D eigenvalue weighted by atomic mass is 9.95. The Kier molecular flexibility index (Phi) is 16.4. The molecule has 0 saturated heterocycles. The van der Waals surface area contributed by atoms with Crippen LogP contribution in [0.4, 0.5) is 0 Å². The molecule has 22 heavy (non-hydrogen) atoms. The van der Waals surface area contributed by atoms with E-state index >= 15 is 0 Å². The van der Waals surface area contributed by atoms with Crippen molar-refractivity contribution >= 4 is 5.91 Å². The average Bonchev–Trinajstić information content (AvgIpc) is 2.51. The number of hydrogen-bond donors (Lipinski definition) is 2. The minimum absolute atomic E-state index is 0.0322. The fourth-order valence-electron chi connectivity index (χ4n) is 3.00. The summed E-state index contributed by atoms with van der Waals surface area (Å²) in [5.74, 6) is -0.230. The van der Waals surface area contributed by atoms with Gasteiger partial charge < -0.3 is 10.8 Å². The zero-order chi connectivity index (χ0) is 16.5. The molecule has 0 saturated carbocycles. The number of rotatable bonds is 17. The molecular weight excluding hydrogens is 274 g/mol. The molecule has 0 aliphatic rings. The van der Waals surface area contributed by atoms with Crippen molar-refractivity contribution in [2.45, 2.75) is 103 Å². The third-order valence-corrected chi connectivity index (χ3v) is 4.52. The maximum atomic E-state index is 11.3. The number of carbonyl (C=O) groups is 1. The predicted molar refractivity (Wildman–Crippen MR) is 94.7 cm³/mol. The van der Waals surface area contributed by atoms with Gasteiger partial charge in [-0.2, -0.15) is 0 Å². The van der Waals surface area contributed by atoms with Crippen LogP contribution in [0.2, 0.25) is 0 Å². The van der Waals surface area contributed by atoms with Crippen molar-refractivity contribution in [3.05, 3.63) is 0 Å².